The molecule has 0 bridgehead atoms. The molecule has 1 aliphatic rings. The van der Waals surface area contributed by atoms with E-state index in [1.54, 1.807) is 29.8 Å². The van der Waals surface area contributed by atoms with Gasteiger partial charge >= 0.3 is 0 Å². The molecule has 0 unspecified atom stereocenters. The van der Waals surface area contributed by atoms with Crippen LogP contribution >= 0.6 is 11.3 Å². The molecule has 4 rings (SSSR count). The van der Waals surface area contributed by atoms with E-state index in [0.717, 1.165) is 44.4 Å². The van der Waals surface area contributed by atoms with Crippen LogP contribution in [-0.4, -0.2) is 69.2 Å². The van der Waals surface area contributed by atoms with Crippen molar-refractivity contribution in [3.05, 3.63) is 58.7 Å². The predicted octanol–water partition coefficient (Wildman–Crippen LogP) is 2.10. The Morgan fingerprint density at radius 1 is 1.23 bits per heavy atom. The van der Waals surface area contributed by atoms with Gasteiger partial charge in [-0.2, -0.15) is 0 Å². The fourth-order valence-electron chi connectivity index (χ4n) is 3.53. The van der Waals surface area contributed by atoms with Crippen LogP contribution in [0.4, 0.5) is 0 Å². The van der Waals surface area contributed by atoms with Crippen LogP contribution in [-0.2, 0) is 19.5 Å². The van der Waals surface area contributed by atoms with Crippen LogP contribution < -0.4 is 5.32 Å². The highest BCUT2D eigenvalue weighted by Gasteiger charge is 2.25. The van der Waals surface area contributed by atoms with Crippen LogP contribution in [0, 0.1) is 0 Å². The maximum Gasteiger partial charge on any atom is 0.289 e. The number of thiophene rings is 1. The van der Waals surface area contributed by atoms with E-state index < -0.39 is 0 Å². The first kappa shape index (κ1) is 21.1. The van der Waals surface area contributed by atoms with Crippen molar-refractivity contribution in [3.63, 3.8) is 0 Å². The van der Waals surface area contributed by atoms with Gasteiger partial charge in [0.2, 0.25) is 0 Å². The first-order valence-corrected chi connectivity index (χ1v) is 11.4. The lowest BCUT2D eigenvalue weighted by Crippen LogP contribution is -2.54. The smallest absolute Gasteiger partial charge is 0.289 e. The Bertz CT molecular complexity index is 973. The second-order valence-electron chi connectivity index (χ2n) is 7.20. The molecule has 31 heavy (non-hydrogen) atoms. The molecule has 164 valence electrons. The van der Waals surface area contributed by atoms with Gasteiger partial charge in [-0.25, -0.2) is 4.99 Å². The Morgan fingerprint density at radius 3 is 2.77 bits per heavy atom. The molecule has 0 aliphatic carbocycles. The van der Waals surface area contributed by atoms with E-state index in [2.05, 4.69) is 43.4 Å². The zero-order valence-corrected chi connectivity index (χ0v) is 18.4. The molecule has 0 radical (unpaired) electrons. The van der Waals surface area contributed by atoms with E-state index in [-0.39, 0.29) is 5.91 Å². The molecular formula is C21H27N7O2S. The number of rotatable bonds is 7. The molecule has 0 atom stereocenters. The van der Waals surface area contributed by atoms with Crippen LogP contribution in [0.2, 0.25) is 0 Å². The Labute approximate surface area is 185 Å². The third-order valence-electron chi connectivity index (χ3n) is 5.21. The number of guanidine groups is 1. The number of amides is 1. The van der Waals surface area contributed by atoms with Crippen molar-refractivity contribution in [2.24, 2.45) is 4.99 Å². The Balaban J connectivity index is 1.37. The molecule has 3 aromatic heterocycles. The molecule has 4 heterocycles. The molecule has 1 saturated heterocycles. The quantitative estimate of drug-likeness (QED) is 0.446. The Morgan fingerprint density at radius 2 is 2.06 bits per heavy atom. The number of piperazine rings is 1. The van der Waals surface area contributed by atoms with Crippen LogP contribution in [0.1, 0.15) is 28.2 Å². The third kappa shape index (κ3) is 5.32. The summed E-state index contributed by atoms with van der Waals surface area (Å²) in [4.78, 5) is 22.7. The fourth-order valence-corrected chi connectivity index (χ4v) is 4.16. The van der Waals surface area contributed by atoms with E-state index in [4.69, 9.17) is 9.41 Å². The van der Waals surface area contributed by atoms with Crippen molar-refractivity contribution >= 4 is 23.2 Å². The number of carbonyl (C=O) groups excluding carboxylic acids is 1. The minimum Gasteiger partial charge on any atom is -0.459 e. The van der Waals surface area contributed by atoms with Gasteiger partial charge in [-0.1, -0.05) is 13.0 Å². The number of hydrogen-bond donors (Lipinski definition) is 1. The number of carbonyl (C=O) groups is 1. The molecule has 1 amide bonds. The first-order chi connectivity index (χ1) is 15.2. The van der Waals surface area contributed by atoms with Gasteiger partial charge in [-0.05, 0) is 23.6 Å². The SMILES string of the molecule is CCc1nncn1CCNC(=NCc1cccs1)N1CCN(C(=O)c2ccco2)CC1. The normalized spacial score (nSPS) is 14.8. The largest absolute Gasteiger partial charge is 0.459 e. The average Bonchev–Trinajstić information content (AvgIpc) is 3.58. The molecule has 0 saturated carbocycles. The summed E-state index contributed by atoms with van der Waals surface area (Å²) in [6, 6.07) is 7.58. The maximum absolute atomic E-state index is 12.5. The van der Waals surface area contributed by atoms with Gasteiger partial charge in [0.05, 0.1) is 12.8 Å². The van der Waals surface area contributed by atoms with E-state index in [1.807, 2.05) is 11.0 Å². The summed E-state index contributed by atoms with van der Waals surface area (Å²) >= 11 is 1.70. The van der Waals surface area contributed by atoms with Crippen LogP contribution in [0.5, 0.6) is 0 Å². The molecular weight excluding hydrogens is 414 g/mol. The number of furan rings is 1. The second-order valence-corrected chi connectivity index (χ2v) is 8.23. The topological polar surface area (TPSA) is 91.8 Å². The highest BCUT2D eigenvalue weighted by atomic mass is 32.1. The third-order valence-corrected chi connectivity index (χ3v) is 6.07. The number of aliphatic imine (C=N–C) groups is 1. The molecule has 1 N–H and O–H groups in total. The van der Waals surface area contributed by atoms with Crippen LogP contribution in [0.25, 0.3) is 0 Å². The van der Waals surface area contributed by atoms with E-state index in [0.29, 0.717) is 25.4 Å². The summed E-state index contributed by atoms with van der Waals surface area (Å²) < 4.78 is 7.32. The maximum atomic E-state index is 12.5. The van der Waals surface area contributed by atoms with Crippen molar-refractivity contribution in [1.29, 1.82) is 0 Å². The summed E-state index contributed by atoms with van der Waals surface area (Å²) in [5.41, 5.74) is 0. The number of nitrogens with zero attached hydrogens (tertiary/aromatic N) is 6. The highest BCUT2D eigenvalue weighted by molar-refractivity contribution is 7.09. The van der Waals surface area contributed by atoms with Crippen molar-refractivity contribution in [2.75, 3.05) is 32.7 Å². The molecule has 1 aliphatic heterocycles. The second kappa shape index (κ2) is 10.3. The number of aryl methyl sites for hydroxylation is 1. The van der Waals surface area contributed by atoms with Gasteiger partial charge < -0.3 is 24.1 Å². The van der Waals surface area contributed by atoms with Gasteiger partial charge in [0.1, 0.15) is 12.2 Å². The zero-order chi connectivity index (χ0) is 21.5. The van der Waals surface area contributed by atoms with Crippen molar-refractivity contribution in [3.8, 4) is 0 Å². The van der Waals surface area contributed by atoms with Crippen LogP contribution in [0.3, 0.4) is 0 Å². The summed E-state index contributed by atoms with van der Waals surface area (Å²) in [5.74, 6) is 2.17. The summed E-state index contributed by atoms with van der Waals surface area (Å²) in [7, 11) is 0. The Kier molecular flexibility index (Phi) is 6.98. The minimum absolute atomic E-state index is 0.0608. The van der Waals surface area contributed by atoms with Crippen molar-refractivity contribution in [1.82, 2.24) is 29.9 Å². The van der Waals surface area contributed by atoms with Crippen molar-refractivity contribution < 1.29 is 9.21 Å². The standard InChI is InChI=1S/C21H27N7O2S/c1-2-19-25-24-16-28(19)8-7-22-21(23-15-17-5-4-14-31-17)27-11-9-26(10-12-27)20(29)18-6-3-13-30-18/h3-6,13-14,16H,2,7-12,15H2,1H3,(H,22,23). The molecule has 3 aromatic rings. The van der Waals surface area contributed by atoms with Crippen LogP contribution in [0.15, 0.2) is 51.6 Å². The van der Waals surface area contributed by atoms with Gasteiger partial charge in [0.25, 0.3) is 5.91 Å². The van der Waals surface area contributed by atoms with E-state index >= 15 is 0 Å². The summed E-state index contributed by atoms with van der Waals surface area (Å²) in [6.07, 6.45) is 4.15. The average molecular weight is 442 g/mol. The molecule has 9 nitrogen and oxygen atoms in total. The number of nitrogens with one attached hydrogen (secondary N) is 1. The monoisotopic (exact) mass is 441 g/mol. The lowest BCUT2D eigenvalue weighted by atomic mass is 10.3. The zero-order valence-electron chi connectivity index (χ0n) is 17.6. The van der Waals surface area contributed by atoms with Gasteiger partial charge in [0, 0.05) is 50.6 Å². The lowest BCUT2D eigenvalue weighted by Gasteiger charge is -2.36. The van der Waals surface area contributed by atoms with E-state index in [1.165, 1.54) is 11.1 Å². The number of aromatic nitrogens is 3. The Hall–Kier alpha value is -3.14. The van der Waals surface area contributed by atoms with E-state index in [9.17, 15) is 4.79 Å². The van der Waals surface area contributed by atoms with Gasteiger partial charge in [-0.3, -0.25) is 4.79 Å². The summed E-state index contributed by atoms with van der Waals surface area (Å²) in [5, 5.41) is 13.7. The predicted molar refractivity (Wildman–Crippen MR) is 119 cm³/mol. The molecule has 1 fully saturated rings. The highest BCUT2D eigenvalue weighted by Crippen LogP contribution is 2.12. The van der Waals surface area contributed by atoms with Crippen molar-refractivity contribution in [2.45, 2.75) is 26.4 Å². The molecule has 10 heteroatoms. The molecule has 0 aromatic carbocycles. The minimum atomic E-state index is -0.0608. The fraction of sp³-hybridized carbons (Fsp3) is 0.429. The summed E-state index contributed by atoms with van der Waals surface area (Å²) in [6.45, 7) is 6.90. The lowest BCUT2D eigenvalue weighted by molar-refractivity contribution is 0.0657. The van der Waals surface area contributed by atoms with Gasteiger partial charge in [-0.15, -0.1) is 21.5 Å². The first-order valence-electron chi connectivity index (χ1n) is 10.5. The van der Waals surface area contributed by atoms with Gasteiger partial charge in [0.15, 0.2) is 11.7 Å². The molecule has 0 spiro atoms. The number of hydrogen-bond acceptors (Lipinski definition) is 6.